The summed E-state index contributed by atoms with van der Waals surface area (Å²) in [4.78, 5) is 0. The summed E-state index contributed by atoms with van der Waals surface area (Å²) in [5.41, 5.74) is 3.33. The standard InChI is InChI=1S/C24H24O/c1-3-4-5-16-25-24-15-14-22-17-21(12-13-23(22)18-24)11-10-20-8-6-19(2)7-9-20/h6-9,12-15,17-18H,3-5,16H2,1-2H3. The largest absolute Gasteiger partial charge is 0.494 e. The minimum Gasteiger partial charge on any atom is -0.494 e. The fourth-order valence-electron chi connectivity index (χ4n) is 2.71. The van der Waals surface area contributed by atoms with Crippen molar-refractivity contribution in [1.82, 2.24) is 0 Å². The average Bonchev–Trinajstić information content (AvgIpc) is 2.64. The van der Waals surface area contributed by atoms with Crippen molar-refractivity contribution in [3.05, 3.63) is 77.4 Å². The normalized spacial score (nSPS) is 10.3. The SMILES string of the molecule is CCCCCOc1ccc2cc(C#Cc3ccc(C)cc3)ccc2c1. The fraction of sp³-hybridized carbons (Fsp3) is 0.250. The Balaban J connectivity index is 1.73. The molecule has 25 heavy (non-hydrogen) atoms. The van der Waals surface area contributed by atoms with Crippen molar-refractivity contribution in [2.24, 2.45) is 0 Å². The lowest BCUT2D eigenvalue weighted by Crippen LogP contribution is -1.96. The molecule has 0 N–H and O–H groups in total. The first-order chi connectivity index (χ1) is 12.2. The van der Waals surface area contributed by atoms with E-state index in [2.05, 4.69) is 80.3 Å². The van der Waals surface area contributed by atoms with Crippen molar-refractivity contribution in [2.75, 3.05) is 6.61 Å². The van der Waals surface area contributed by atoms with Crippen molar-refractivity contribution in [3.8, 4) is 17.6 Å². The van der Waals surface area contributed by atoms with E-state index in [0.29, 0.717) is 0 Å². The van der Waals surface area contributed by atoms with Crippen molar-refractivity contribution in [2.45, 2.75) is 33.1 Å². The Morgan fingerprint density at radius 3 is 2.24 bits per heavy atom. The van der Waals surface area contributed by atoms with Crippen LogP contribution in [0, 0.1) is 18.8 Å². The van der Waals surface area contributed by atoms with Gasteiger partial charge in [-0.1, -0.05) is 61.4 Å². The van der Waals surface area contributed by atoms with E-state index in [1.165, 1.54) is 29.2 Å². The van der Waals surface area contributed by atoms with Gasteiger partial charge in [-0.3, -0.25) is 0 Å². The lowest BCUT2D eigenvalue weighted by atomic mass is 10.1. The molecule has 0 atom stereocenters. The zero-order chi connectivity index (χ0) is 17.5. The van der Waals surface area contributed by atoms with Crippen LogP contribution in [0.25, 0.3) is 10.8 Å². The minimum absolute atomic E-state index is 0.791. The lowest BCUT2D eigenvalue weighted by molar-refractivity contribution is 0.306. The molecule has 3 aromatic rings. The summed E-state index contributed by atoms with van der Waals surface area (Å²) in [6.07, 6.45) is 3.55. The second-order valence-electron chi connectivity index (χ2n) is 6.40. The molecule has 0 radical (unpaired) electrons. The molecule has 3 aromatic carbocycles. The molecule has 0 saturated heterocycles. The maximum absolute atomic E-state index is 5.83. The number of aryl methyl sites for hydroxylation is 1. The Kier molecular flexibility index (Phi) is 5.75. The number of ether oxygens (including phenoxy) is 1. The maximum Gasteiger partial charge on any atom is 0.119 e. The van der Waals surface area contributed by atoms with E-state index in [1.807, 2.05) is 6.07 Å². The zero-order valence-corrected chi connectivity index (χ0v) is 15.0. The highest BCUT2D eigenvalue weighted by Crippen LogP contribution is 2.22. The van der Waals surface area contributed by atoms with E-state index in [9.17, 15) is 0 Å². The fourth-order valence-corrected chi connectivity index (χ4v) is 2.71. The van der Waals surface area contributed by atoms with Crippen LogP contribution < -0.4 is 4.74 Å². The third kappa shape index (κ3) is 4.88. The summed E-state index contributed by atoms with van der Waals surface area (Å²) in [6.45, 7) is 5.08. The van der Waals surface area contributed by atoms with Crippen LogP contribution in [0.1, 0.15) is 42.9 Å². The first-order valence-electron chi connectivity index (χ1n) is 9.00. The van der Waals surface area contributed by atoms with Crippen molar-refractivity contribution in [3.63, 3.8) is 0 Å². The van der Waals surface area contributed by atoms with Crippen molar-refractivity contribution >= 4 is 10.8 Å². The van der Waals surface area contributed by atoms with E-state index in [1.54, 1.807) is 0 Å². The van der Waals surface area contributed by atoms with E-state index in [0.717, 1.165) is 29.9 Å². The van der Waals surface area contributed by atoms with Gasteiger partial charge in [0.25, 0.3) is 0 Å². The summed E-state index contributed by atoms with van der Waals surface area (Å²) >= 11 is 0. The Hall–Kier alpha value is -2.72. The molecule has 0 aliphatic heterocycles. The first kappa shape index (κ1) is 17.1. The molecule has 0 heterocycles. The molecular formula is C24H24O. The summed E-state index contributed by atoms with van der Waals surface area (Å²) in [5, 5.41) is 2.38. The lowest BCUT2D eigenvalue weighted by Gasteiger charge is -2.07. The highest BCUT2D eigenvalue weighted by molar-refractivity contribution is 5.85. The quantitative estimate of drug-likeness (QED) is 0.405. The van der Waals surface area contributed by atoms with Gasteiger partial charge in [0.1, 0.15) is 5.75 Å². The van der Waals surface area contributed by atoms with Gasteiger partial charge in [0.2, 0.25) is 0 Å². The van der Waals surface area contributed by atoms with E-state index in [4.69, 9.17) is 4.74 Å². The third-order valence-corrected chi connectivity index (χ3v) is 4.23. The maximum atomic E-state index is 5.83. The van der Waals surface area contributed by atoms with Gasteiger partial charge >= 0.3 is 0 Å². The summed E-state index contributed by atoms with van der Waals surface area (Å²) in [6, 6.07) is 20.9. The summed E-state index contributed by atoms with van der Waals surface area (Å²) in [5.74, 6) is 7.43. The zero-order valence-electron chi connectivity index (χ0n) is 15.0. The molecule has 0 aliphatic rings. The monoisotopic (exact) mass is 328 g/mol. The number of benzene rings is 3. The van der Waals surface area contributed by atoms with Crippen LogP contribution in [-0.2, 0) is 0 Å². The molecule has 1 nitrogen and oxygen atoms in total. The van der Waals surface area contributed by atoms with Crippen molar-refractivity contribution in [1.29, 1.82) is 0 Å². The predicted molar refractivity (Wildman–Crippen MR) is 106 cm³/mol. The van der Waals surface area contributed by atoms with Gasteiger partial charge in [-0.05, 0) is 60.5 Å². The van der Waals surface area contributed by atoms with Gasteiger partial charge in [-0.2, -0.15) is 0 Å². The Morgan fingerprint density at radius 2 is 1.44 bits per heavy atom. The van der Waals surface area contributed by atoms with Crippen molar-refractivity contribution < 1.29 is 4.74 Å². The summed E-state index contributed by atoms with van der Waals surface area (Å²) in [7, 11) is 0. The number of hydrogen-bond acceptors (Lipinski definition) is 1. The predicted octanol–water partition coefficient (Wildman–Crippen LogP) is 6.12. The molecule has 1 heteroatoms. The Bertz CT molecular complexity index is 895. The molecule has 3 rings (SSSR count). The Labute approximate surface area is 150 Å². The van der Waals surface area contributed by atoms with Crippen LogP contribution in [0.5, 0.6) is 5.75 Å². The van der Waals surface area contributed by atoms with Gasteiger partial charge < -0.3 is 4.74 Å². The van der Waals surface area contributed by atoms with Gasteiger partial charge in [0.05, 0.1) is 6.61 Å². The van der Waals surface area contributed by atoms with E-state index >= 15 is 0 Å². The number of unbranched alkanes of at least 4 members (excludes halogenated alkanes) is 2. The van der Waals surface area contributed by atoms with Crippen LogP contribution in [0.4, 0.5) is 0 Å². The van der Waals surface area contributed by atoms with Gasteiger partial charge in [0, 0.05) is 11.1 Å². The molecule has 0 aliphatic carbocycles. The average molecular weight is 328 g/mol. The van der Waals surface area contributed by atoms with Crippen LogP contribution in [0.3, 0.4) is 0 Å². The first-order valence-corrected chi connectivity index (χ1v) is 9.00. The third-order valence-electron chi connectivity index (χ3n) is 4.23. The Morgan fingerprint density at radius 1 is 0.760 bits per heavy atom. The number of hydrogen-bond donors (Lipinski definition) is 0. The van der Waals surface area contributed by atoms with Crippen LogP contribution >= 0.6 is 0 Å². The molecular weight excluding hydrogens is 304 g/mol. The summed E-state index contributed by atoms with van der Waals surface area (Å²) < 4.78 is 5.83. The highest BCUT2D eigenvalue weighted by atomic mass is 16.5. The minimum atomic E-state index is 0.791. The van der Waals surface area contributed by atoms with Crippen LogP contribution in [0.2, 0.25) is 0 Å². The van der Waals surface area contributed by atoms with E-state index < -0.39 is 0 Å². The van der Waals surface area contributed by atoms with Crippen LogP contribution in [0.15, 0.2) is 60.7 Å². The molecule has 0 unspecified atom stereocenters. The molecule has 126 valence electrons. The topological polar surface area (TPSA) is 9.23 Å². The van der Waals surface area contributed by atoms with Crippen LogP contribution in [-0.4, -0.2) is 6.61 Å². The molecule has 0 fully saturated rings. The van der Waals surface area contributed by atoms with Gasteiger partial charge in [-0.25, -0.2) is 0 Å². The second-order valence-corrected chi connectivity index (χ2v) is 6.40. The second kappa shape index (κ2) is 8.40. The highest BCUT2D eigenvalue weighted by Gasteiger charge is 1.99. The molecule has 0 saturated carbocycles. The van der Waals surface area contributed by atoms with E-state index in [-0.39, 0.29) is 0 Å². The number of fused-ring (bicyclic) bond motifs is 1. The van der Waals surface area contributed by atoms with Gasteiger partial charge in [-0.15, -0.1) is 0 Å². The number of rotatable bonds is 5. The smallest absolute Gasteiger partial charge is 0.119 e. The molecule has 0 amide bonds. The molecule has 0 bridgehead atoms. The molecule has 0 aromatic heterocycles. The molecule has 0 spiro atoms. The van der Waals surface area contributed by atoms with Gasteiger partial charge in [0.15, 0.2) is 0 Å².